The molecule has 4 aliphatic rings. The SMILES string of the molecule is B[P@@]1(=O)OCC23COC(C(n4cnc5c(N)ncnc54)O2)C3OP(=O)(O)OCC2OC(n3cnc4c(=O)[nH]c(C)nc43)C(O1)C2O. The van der Waals surface area contributed by atoms with Crippen LogP contribution in [0.1, 0.15) is 18.3 Å². The van der Waals surface area contributed by atoms with E-state index in [4.69, 9.17) is 38.0 Å². The minimum atomic E-state index is -4.91. The van der Waals surface area contributed by atoms with Crippen LogP contribution in [-0.4, -0.2) is 113 Å². The summed E-state index contributed by atoms with van der Waals surface area (Å²) in [5.41, 5.74) is 4.52. The number of anilines is 1. The molecule has 10 atom stereocenters. The van der Waals surface area contributed by atoms with Gasteiger partial charge in [0, 0.05) is 0 Å². The third-order valence-corrected chi connectivity index (χ3v) is 10.5. The fraction of sp³-hybridized carbons (Fsp3) is 0.545. The highest BCUT2D eigenvalue weighted by Gasteiger charge is 2.66. The Balaban J connectivity index is 1.14. The fourth-order valence-electron chi connectivity index (χ4n) is 6.17. The maximum Gasteiger partial charge on any atom is 0.472 e. The zero-order chi connectivity index (χ0) is 32.2. The molecule has 5 N–H and O–H groups in total. The summed E-state index contributed by atoms with van der Waals surface area (Å²) in [7, 11) is -7.80. The number of phosphoric ester groups is 1. The third-order valence-electron chi connectivity index (χ3n) is 8.28. The van der Waals surface area contributed by atoms with Crippen LogP contribution in [0.25, 0.3) is 22.3 Å². The number of hydrogen-bond acceptors (Lipinski definition) is 17. The number of nitrogens with one attached hydrogen (secondary N) is 1. The predicted molar refractivity (Wildman–Crippen MR) is 153 cm³/mol. The highest BCUT2D eigenvalue weighted by Crippen LogP contribution is 2.58. The first-order chi connectivity index (χ1) is 21.8. The van der Waals surface area contributed by atoms with Gasteiger partial charge >= 0.3 is 7.82 Å². The lowest BCUT2D eigenvalue weighted by Gasteiger charge is -2.33. The van der Waals surface area contributed by atoms with Crippen LogP contribution < -0.4 is 11.3 Å². The molecule has 0 saturated carbocycles. The average Bonchev–Trinajstić information content (AvgIpc) is 3.80. The fourth-order valence-corrected chi connectivity index (χ4v) is 8.35. The Morgan fingerprint density at radius 3 is 2.61 bits per heavy atom. The predicted octanol–water partition coefficient (Wildman–Crippen LogP) is -1.57. The summed E-state index contributed by atoms with van der Waals surface area (Å²) in [6.45, 7) is 0.238. The van der Waals surface area contributed by atoms with Crippen LogP contribution in [0.2, 0.25) is 0 Å². The van der Waals surface area contributed by atoms with E-state index in [1.807, 2.05) is 0 Å². The topological polar surface area (TPSA) is 272 Å². The van der Waals surface area contributed by atoms with Crippen molar-refractivity contribution in [2.24, 2.45) is 0 Å². The molecule has 4 aromatic heterocycles. The van der Waals surface area contributed by atoms with Crippen LogP contribution in [-0.2, 0) is 41.4 Å². The van der Waals surface area contributed by atoms with Crippen molar-refractivity contribution in [2.75, 3.05) is 25.6 Å². The van der Waals surface area contributed by atoms with Gasteiger partial charge in [0.2, 0.25) is 0 Å². The van der Waals surface area contributed by atoms with E-state index >= 15 is 0 Å². The molecule has 4 fully saturated rings. The van der Waals surface area contributed by atoms with E-state index in [2.05, 4.69) is 29.9 Å². The van der Waals surface area contributed by atoms with E-state index in [0.717, 1.165) is 0 Å². The van der Waals surface area contributed by atoms with Gasteiger partial charge in [-0.3, -0.25) is 27.5 Å². The van der Waals surface area contributed by atoms with E-state index in [1.54, 1.807) is 6.92 Å². The Hall–Kier alpha value is -3.14. The number of aryl methyl sites for hydroxylation is 1. The summed E-state index contributed by atoms with van der Waals surface area (Å²) < 4.78 is 71.0. The molecule has 0 aromatic carbocycles. The molecule has 8 rings (SSSR count). The lowest BCUT2D eigenvalue weighted by molar-refractivity contribution is -0.183. The Bertz CT molecular complexity index is 2030. The molecule has 4 bridgehead atoms. The van der Waals surface area contributed by atoms with E-state index in [9.17, 15) is 23.9 Å². The average molecular weight is 681 g/mol. The molecule has 24 heteroatoms. The second kappa shape index (κ2) is 10.4. The molecule has 8 heterocycles. The summed E-state index contributed by atoms with van der Waals surface area (Å²) in [4.78, 5) is 46.7. The molecule has 0 amide bonds. The molecular formula is C22H26BN9O12P2. The number of nitrogens with zero attached hydrogens (tertiary/aromatic N) is 7. The lowest BCUT2D eigenvalue weighted by Crippen LogP contribution is -2.46. The summed E-state index contributed by atoms with van der Waals surface area (Å²) >= 11 is 0. The molecule has 0 spiro atoms. The number of rotatable bonds is 2. The largest absolute Gasteiger partial charge is 0.472 e. The standard InChI is InChI=1S/C22H26BN9O12P2/c1-8-29-18-11(19(34)30-8)28-7-32(18)20-13-12(33)9(41-20)2-39-46(36,37)44-15-14-21(31-6-27-10-16(24)25-5-26-17(10)31)42-22(15,3-38-14)4-40-45(23,35)43-13/h5-7,9,12-15,20-21,33H,2-4,23H2,1H3,(H,36,37)(H2,24,25,26)(H,29,30,34)/t9?,12?,13?,14?,15?,20?,21?,22?,45-/m1/s1. The van der Waals surface area contributed by atoms with Crippen LogP contribution in [0.5, 0.6) is 0 Å². The molecule has 4 saturated heterocycles. The molecule has 4 aliphatic heterocycles. The van der Waals surface area contributed by atoms with Crippen LogP contribution in [0.4, 0.5) is 5.82 Å². The summed E-state index contributed by atoms with van der Waals surface area (Å²) in [6.07, 6.45) is -4.88. The minimum absolute atomic E-state index is 0.0191. The maximum atomic E-state index is 13.9. The van der Waals surface area contributed by atoms with Gasteiger partial charge in [0.1, 0.15) is 53.8 Å². The second-order valence-electron chi connectivity index (χ2n) is 11.4. The van der Waals surface area contributed by atoms with Gasteiger partial charge in [-0.2, -0.15) is 0 Å². The van der Waals surface area contributed by atoms with Crippen LogP contribution in [0.15, 0.2) is 23.8 Å². The van der Waals surface area contributed by atoms with Gasteiger partial charge in [-0.1, -0.05) is 0 Å². The van der Waals surface area contributed by atoms with Gasteiger partial charge in [-0.25, -0.2) is 29.5 Å². The number of ether oxygens (including phenoxy) is 3. The molecule has 0 aliphatic carbocycles. The first-order valence-electron chi connectivity index (χ1n) is 13.9. The number of nitrogen functional groups attached to an aromatic ring is 1. The maximum absolute atomic E-state index is 13.9. The number of imidazole rings is 2. The number of hydrogen-bond donors (Lipinski definition) is 4. The number of aromatic nitrogens is 8. The van der Waals surface area contributed by atoms with Gasteiger partial charge in [0.25, 0.3) is 20.6 Å². The van der Waals surface area contributed by atoms with Crippen molar-refractivity contribution >= 4 is 51.0 Å². The Labute approximate surface area is 257 Å². The van der Waals surface area contributed by atoms with E-state index in [1.165, 1.54) is 35.7 Å². The molecule has 0 radical (unpaired) electrons. The first kappa shape index (κ1) is 30.2. The Kier molecular flexibility index (Phi) is 6.85. The number of nitrogens with two attached hydrogens (primary N) is 1. The lowest BCUT2D eigenvalue weighted by atomic mass is 10.0. The summed E-state index contributed by atoms with van der Waals surface area (Å²) in [5.74, 6) is 0.407. The molecule has 244 valence electrons. The number of aromatic amines is 1. The van der Waals surface area contributed by atoms with Crippen molar-refractivity contribution in [1.29, 1.82) is 0 Å². The van der Waals surface area contributed by atoms with Crippen molar-refractivity contribution in [2.45, 2.75) is 55.5 Å². The first-order valence-corrected chi connectivity index (χ1v) is 17.4. The van der Waals surface area contributed by atoms with Crippen LogP contribution >= 0.6 is 15.3 Å². The smallest absolute Gasteiger partial charge is 0.387 e. The highest BCUT2D eigenvalue weighted by atomic mass is 31.2. The molecule has 4 aromatic rings. The van der Waals surface area contributed by atoms with Gasteiger partial charge in [-0.05, 0) is 6.92 Å². The van der Waals surface area contributed by atoms with E-state index < -0.39 is 82.6 Å². The van der Waals surface area contributed by atoms with Crippen molar-refractivity contribution in [3.8, 4) is 0 Å². The number of H-pyrrole nitrogens is 1. The molecule has 46 heavy (non-hydrogen) atoms. The molecule has 9 unspecified atom stereocenters. The third kappa shape index (κ3) is 4.76. The molecular weight excluding hydrogens is 655 g/mol. The van der Waals surface area contributed by atoms with E-state index in [0.29, 0.717) is 11.2 Å². The van der Waals surface area contributed by atoms with Crippen molar-refractivity contribution in [1.82, 2.24) is 39.0 Å². The zero-order valence-electron chi connectivity index (χ0n) is 24.0. The quantitative estimate of drug-likeness (QED) is 0.137. The van der Waals surface area contributed by atoms with Gasteiger partial charge < -0.3 is 44.0 Å². The minimum Gasteiger partial charge on any atom is -0.387 e. The van der Waals surface area contributed by atoms with Gasteiger partial charge in [0.05, 0.1) is 32.5 Å². The van der Waals surface area contributed by atoms with Crippen LogP contribution in [0, 0.1) is 6.92 Å². The monoisotopic (exact) mass is 681 g/mol. The summed E-state index contributed by atoms with van der Waals surface area (Å²) in [6, 6.07) is 0. The number of fused-ring (bicyclic) bond motifs is 4. The number of aliphatic hydroxyl groups is 1. The van der Waals surface area contributed by atoms with Crippen molar-refractivity contribution in [3.63, 3.8) is 0 Å². The van der Waals surface area contributed by atoms with Crippen LogP contribution in [0.3, 0.4) is 0 Å². The second-order valence-corrected chi connectivity index (χ2v) is 14.8. The highest BCUT2D eigenvalue weighted by molar-refractivity contribution is 7.79. The molecule has 21 nitrogen and oxygen atoms in total. The Morgan fingerprint density at radius 2 is 1.80 bits per heavy atom. The number of phosphoric acid groups is 1. The number of aliphatic hydroxyl groups excluding tert-OH is 1. The zero-order valence-corrected chi connectivity index (χ0v) is 25.8. The van der Waals surface area contributed by atoms with Crippen molar-refractivity contribution < 1.29 is 51.4 Å². The normalized spacial score (nSPS) is 39.7. The summed E-state index contributed by atoms with van der Waals surface area (Å²) in [5, 5.41) is 11.2. The van der Waals surface area contributed by atoms with Gasteiger partial charge in [-0.15, -0.1) is 0 Å². The van der Waals surface area contributed by atoms with Crippen molar-refractivity contribution in [3.05, 3.63) is 35.2 Å². The van der Waals surface area contributed by atoms with E-state index in [-0.39, 0.29) is 29.4 Å². The Morgan fingerprint density at radius 1 is 1.04 bits per heavy atom. The van der Waals surface area contributed by atoms with Gasteiger partial charge in [0.15, 0.2) is 35.1 Å².